The van der Waals surface area contributed by atoms with Crippen molar-refractivity contribution in [2.45, 2.75) is 6.18 Å². The number of carbonyl (C=O) groups is 1. The van der Waals surface area contributed by atoms with E-state index in [9.17, 15) is 23.1 Å². The van der Waals surface area contributed by atoms with Gasteiger partial charge in [-0.3, -0.25) is 4.98 Å². The summed E-state index contributed by atoms with van der Waals surface area (Å²) in [7, 11) is 0. The predicted octanol–water partition coefficient (Wildman–Crippen LogP) is 1.45. The van der Waals surface area contributed by atoms with Crippen molar-refractivity contribution in [2.75, 3.05) is 0 Å². The molecular formula is C17H11F3NNaO3. The third kappa shape index (κ3) is 4.01. The average Bonchev–Trinajstić information content (AvgIpc) is 2.53. The molecule has 0 aliphatic carbocycles. The van der Waals surface area contributed by atoms with E-state index in [0.717, 1.165) is 6.07 Å². The van der Waals surface area contributed by atoms with Crippen LogP contribution in [0.5, 0.6) is 0 Å². The van der Waals surface area contributed by atoms with Crippen LogP contribution >= 0.6 is 0 Å². The van der Waals surface area contributed by atoms with Crippen molar-refractivity contribution in [3.05, 3.63) is 65.9 Å². The zero-order valence-corrected chi connectivity index (χ0v) is 15.1. The van der Waals surface area contributed by atoms with E-state index in [4.69, 9.17) is 0 Å². The number of halogens is 3. The van der Waals surface area contributed by atoms with E-state index in [-0.39, 0.29) is 51.7 Å². The molecule has 124 valence electrons. The maximum Gasteiger partial charge on any atom is 1.00 e. The molecule has 25 heavy (non-hydrogen) atoms. The number of hydrogen-bond acceptors (Lipinski definition) is 3. The summed E-state index contributed by atoms with van der Waals surface area (Å²) in [6.45, 7) is 0. The number of fused-ring (bicyclic) bond motifs is 1. The van der Waals surface area contributed by atoms with Gasteiger partial charge in [0.25, 0.3) is 0 Å². The topological polar surface area (TPSA) is 80.2 Å². The molecule has 0 unspecified atom stereocenters. The fraction of sp³-hybridized carbons (Fsp3) is 0.0588. The molecule has 2 N–H and O–H groups in total. The first-order chi connectivity index (χ1) is 10.9. The van der Waals surface area contributed by atoms with E-state index in [0.29, 0.717) is 5.39 Å². The zero-order valence-electron chi connectivity index (χ0n) is 13.1. The van der Waals surface area contributed by atoms with Crippen molar-refractivity contribution in [1.29, 1.82) is 0 Å². The minimum atomic E-state index is -4.81. The maximum absolute atomic E-state index is 13.6. The van der Waals surface area contributed by atoms with Crippen molar-refractivity contribution >= 4 is 16.9 Å². The third-order valence-corrected chi connectivity index (χ3v) is 3.47. The normalized spacial score (nSPS) is 10.7. The van der Waals surface area contributed by atoms with Crippen LogP contribution in [0.4, 0.5) is 13.2 Å². The Morgan fingerprint density at radius 1 is 1.04 bits per heavy atom. The van der Waals surface area contributed by atoms with Gasteiger partial charge in [0.2, 0.25) is 0 Å². The number of alkyl halides is 3. The molecule has 3 rings (SSSR count). The number of rotatable bonds is 2. The quantitative estimate of drug-likeness (QED) is 0.704. The number of aromatic nitrogens is 1. The Morgan fingerprint density at radius 3 is 2.24 bits per heavy atom. The molecule has 0 saturated carbocycles. The molecule has 0 radical (unpaired) electrons. The van der Waals surface area contributed by atoms with Gasteiger partial charge in [-0.15, -0.1) is 0 Å². The minimum Gasteiger partial charge on any atom is -0.870 e. The molecule has 0 spiro atoms. The van der Waals surface area contributed by atoms with Crippen molar-refractivity contribution in [1.82, 2.24) is 4.98 Å². The molecule has 1 heterocycles. The standard InChI is InChI=1S/C17H10F3NO2.Na.H2O/c18-17(19,20)14-12(16(22)23)9-11-7-4-8-21-15(11)13(14)10-5-2-1-3-6-10;;/h1-9H,(H,22,23);;1H2/q;+1;/p-1. The van der Waals surface area contributed by atoms with Gasteiger partial charge >= 0.3 is 41.7 Å². The van der Waals surface area contributed by atoms with Gasteiger partial charge in [0.1, 0.15) is 0 Å². The Hall–Kier alpha value is -1.93. The van der Waals surface area contributed by atoms with E-state index in [1.54, 1.807) is 30.3 Å². The smallest absolute Gasteiger partial charge is 0.870 e. The fourth-order valence-corrected chi connectivity index (χ4v) is 2.57. The van der Waals surface area contributed by atoms with Gasteiger partial charge in [-0.2, -0.15) is 13.2 Å². The van der Waals surface area contributed by atoms with E-state index in [1.807, 2.05) is 0 Å². The summed E-state index contributed by atoms with van der Waals surface area (Å²) in [5, 5.41) is 9.58. The number of pyridine rings is 1. The van der Waals surface area contributed by atoms with Crippen molar-refractivity contribution < 1.29 is 58.1 Å². The molecule has 0 aliphatic heterocycles. The van der Waals surface area contributed by atoms with Crippen LogP contribution in [0.1, 0.15) is 15.9 Å². The molecule has 0 aliphatic rings. The number of aromatic carboxylic acids is 1. The number of hydrogen-bond donors (Lipinski definition) is 1. The first-order valence-electron chi connectivity index (χ1n) is 6.67. The summed E-state index contributed by atoms with van der Waals surface area (Å²) in [5.74, 6) is -1.62. The Bertz CT molecular complexity index is 899. The monoisotopic (exact) mass is 357 g/mol. The average molecular weight is 357 g/mol. The summed E-state index contributed by atoms with van der Waals surface area (Å²) in [6, 6.07) is 12.0. The van der Waals surface area contributed by atoms with Gasteiger partial charge in [0, 0.05) is 17.1 Å². The van der Waals surface area contributed by atoms with Gasteiger partial charge in [-0.05, 0) is 17.7 Å². The second kappa shape index (κ2) is 7.97. The number of carboxylic acids is 1. The molecule has 0 saturated heterocycles. The Balaban J connectivity index is 0.00000156. The van der Waals surface area contributed by atoms with E-state index < -0.39 is 23.3 Å². The molecule has 0 atom stereocenters. The van der Waals surface area contributed by atoms with Crippen LogP contribution in [-0.4, -0.2) is 21.5 Å². The van der Waals surface area contributed by atoms with Crippen LogP contribution in [0.15, 0.2) is 54.7 Å². The van der Waals surface area contributed by atoms with Crippen LogP contribution in [0.2, 0.25) is 0 Å². The van der Waals surface area contributed by atoms with Gasteiger partial charge < -0.3 is 10.6 Å². The fourth-order valence-electron chi connectivity index (χ4n) is 2.57. The zero-order chi connectivity index (χ0) is 16.6. The van der Waals surface area contributed by atoms with E-state index >= 15 is 0 Å². The molecule has 0 amide bonds. The Labute approximate surface area is 162 Å². The van der Waals surface area contributed by atoms with Gasteiger partial charge in [0.05, 0.1) is 16.6 Å². The van der Waals surface area contributed by atoms with Crippen LogP contribution in [-0.2, 0) is 6.18 Å². The van der Waals surface area contributed by atoms with Crippen molar-refractivity contribution in [3.63, 3.8) is 0 Å². The number of nitrogens with zero attached hydrogens (tertiary/aromatic N) is 1. The summed E-state index contributed by atoms with van der Waals surface area (Å²) in [5.41, 5.74) is -1.78. The second-order valence-electron chi connectivity index (χ2n) is 4.92. The number of carboxylic acid groups (broad SMARTS) is 1. The van der Waals surface area contributed by atoms with Crippen LogP contribution in [0.3, 0.4) is 0 Å². The molecular weight excluding hydrogens is 346 g/mol. The van der Waals surface area contributed by atoms with Gasteiger partial charge in [-0.1, -0.05) is 36.4 Å². The molecule has 0 fully saturated rings. The summed E-state index contributed by atoms with van der Waals surface area (Å²) >= 11 is 0. The SMILES string of the molecule is O=C(O)c1cc2cccnc2c(-c2ccccc2)c1C(F)(F)F.[Na+].[OH-]. The summed E-state index contributed by atoms with van der Waals surface area (Å²) in [6.07, 6.45) is -3.43. The van der Waals surface area contributed by atoms with Crippen molar-refractivity contribution in [2.24, 2.45) is 0 Å². The number of benzene rings is 2. The van der Waals surface area contributed by atoms with Crippen LogP contribution < -0.4 is 29.6 Å². The van der Waals surface area contributed by atoms with Gasteiger partial charge in [0.15, 0.2) is 0 Å². The summed E-state index contributed by atoms with van der Waals surface area (Å²) in [4.78, 5) is 15.4. The van der Waals surface area contributed by atoms with E-state index in [2.05, 4.69) is 4.98 Å². The molecule has 3 aromatic rings. The second-order valence-corrected chi connectivity index (χ2v) is 4.92. The molecule has 8 heteroatoms. The molecule has 4 nitrogen and oxygen atoms in total. The minimum absolute atomic E-state index is 0. The molecule has 1 aromatic heterocycles. The third-order valence-electron chi connectivity index (χ3n) is 3.47. The van der Waals surface area contributed by atoms with Gasteiger partial charge in [-0.25, -0.2) is 4.79 Å². The predicted molar refractivity (Wildman–Crippen MR) is 81.1 cm³/mol. The van der Waals surface area contributed by atoms with Crippen LogP contribution in [0, 0.1) is 0 Å². The molecule has 0 bridgehead atoms. The Kier molecular flexibility index (Phi) is 6.73. The maximum atomic E-state index is 13.6. The first kappa shape index (κ1) is 21.1. The largest absolute Gasteiger partial charge is 1.00 e. The van der Waals surface area contributed by atoms with Crippen LogP contribution in [0.25, 0.3) is 22.0 Å². The van der Waals surface area contributed by atoms with Crippen molar-refractivity contribution in [3.8, 4) is 11.1 Å². The van der Waals surface area contributed by atoms with E-state index in [1.165, 1.54) is 18.3 Å². The Morgan fingerprint density at radius 2 is 1.68 bits per heavy atom. The summed E-state index contributed by atoms with van der Waals surface area (Å²) < 4.78 is 40.8. The molecule has 2 aromatic carbocycles. The first-order valence-corrected chi connectivity index (χ1v) is 6.67.